The standard InChI is InChI=1S/C39H50S2/c1-7-11-13-29(9-3)25-39(26-30(10-4)14-12-8-2)34-23-27(5)15-18-32(34)33-19-17-31(24-35(33)39)36-21-22-38(41-36)37-20-16-28(6)40-37/h15-24,29-30H,7-14,25-26H2,1-6H3. The monoisotopic (exact) mass is 582 g/mol. The van der Waals surface area contributed by atoms with Crippen molar-refractivity contribution in [1.29, 1.82) is 0 Å². The molecule has 0 saturated carbocycles. The van der Waals surface area contributed by atoms with Crippen LogP contribution < -0.4 is 0 Å². The van der Waals surface area contributed by atoms with E-state index in [1.165, 1.54) is 106 Å². The van der Waals surface area contributed by atoms with Gasteiger partial charge in [-0.15, -0.1) is 22.7 Å². The maximum absolute atomic E-state index is 2.62. The highest BCUT2D eigenvalue weighted by atomic mass is 32.1. The Morgan fingerprint density at radius 3 is 1.76 bits per heavy atom. The van der Waals surface area contributed by atoms with Crippen LogP contribution in [-0.2, 0) is 5.41 Å². The van der Waals surface area contributed by atoms with Crippen molar-refractivity contribution < 1.29 is 0 Å². The molecule has 1 aliphatic carbocycles. The van der Waals surface area contributed by atoms with Gasteiger partial charge in [0, 0.05) is 24.9 Å². The second-order valence-electron chi connectivity index (χ2n) is 12.7. The third-order valence-electron chi connectivity index (χ3n) is 9.75. The van der Waals surface area contributed by atoms with Gasteiger partial charge in [-0.3, -0.25) is 0 Å². The van der Waals surface area contributed by atoms with E-state index in [2.05, 4.69) is 102 Å². The molecule has 41 heavy (non-hydrogen) atoms. The van der Waals surface area contributed by atoms with E-state index < -0.39 is 0 Å². The summed E-state index contributed by atoms with van der Waals surface area (Å²) in [6, 6.07) is 24.0. The van der Waals surface area contributed by atoms with Crippen LogP contribution in [0.5, 0.6) is 0 Å². The zero-order chi connectivity index (χ0) is 29.0. The van der Waals surface area contributed by atoms with Crippen molar-refractivity contribution in [2.45, 2.75) is 111 Å². The van der Waals surface area contributed by atoms with Crippen LogP contribution in [0.4, 0.5) is 0 Å². The van der Waals surface area contributed by atoms with Gasteiger partial charge in [0.25, 0.3) is 0 Å². The molecule has 218 valence electrons. The first-order chi connectivity index (χ1) is 19.9. The molecule has 0 aliphatic heterocycles. The molecule has 2 heteroatoms. The number of rotatable bonds is 14. The normalized spacial score (nSPS) is 17.4. The van der Waals surface area contributed by atoms with Crippen LogP contribution in [0.15, 0.2) is 60.7 Å². The van der Waals surface area contributed by atoms with Crippen molar-refractivity contribution >= 4 is 22.7 Å². The van der Waals surface area contributed by atoms with Crippen LogP contribution in [0.1, 0.15) is 113 Å². The summed E-state index contributed by atoms with van der Waals surface area (Å²) < 4.78 is 0. The number of unbranched alkanes of at least 4 members (excludes halogenated alkanes) is 2. The minimum Gasteiger partial charge on any atom is -0.140 e. The van der Waals surface area contributed by atoms with Gasteiger partial charge in [-0.1, -0.05) is 115 Å². The zero-order valence-electron chi connectivity index (χ0n) is 26.3. The zero-order valence-corrected chi connectivity index (χ0v) is 27.9. The van der Waals surface area contributed by atoms with E-state index in [-0.39, 0.29) is 5.41 Å². The lowest BCUT2D eigenvalue weighted by Crippen LogP contribution is -2.31. The average molecular weight is 583 g/mol. The van der Waals surface area contributed by atoms with E-state index in [1.54, 1.807) is 11.1 Å². The summed E-state index contributed by atoms with van der Waals surface area (Å²) >= 11 is 3.86. The molecular weight excluding hydrogens is 533 g/mol. The highest BCUT2D eigenvalue weighted by molar-refractivity contribution is 7.23. The lowest BCUT2D eigenvalue weighted by Gasteiger charge is -2.39. The molecule has 0 bridgehead atoms. The van der Waals surface area contributed by atoms with Gasteiger partial charge in [0.05, 0.1) is 0 Å². The summed E-state index contributed by atoms with van der Waals surface area (Å²) in [6.07, 6.45) is 13.1. The van der Waals surface area contributed by atoms with Crippen LogP contribution in [0, 0.1) is 25.7 Å². The Hall–Kier alpha value is -2.16. The molecule has 2 aromatic heterocycles. The van der Waals surface area contributed by atoms with Crippen LogP contribution in [0.3, 0.4) is 0 Å². The summed E-state index contributed by atoms with van der Waals surface area (Å²) in [5, 5.41) is 0. The van der Waals surface area contributed by atoms with Crippen molar-refractivity contribution in [2.24, 2.45) is 11.8 Å². The highest BCUT2D eigenvalue weighted by Crippen LogP contribution is 2.57. The van der Waals surface area contributed by atoms with Crippen molar-refractivity contribution in [3.63, 3.8) is 0 Å². The SMILES string of the molecule is CCCCC(CC)CC1(CC(CC)CCCC)c2cc(C)ccc2-c2ccc(-c3ccc(-c4ccc(C)s4)s3)cc21. The summed E-state index contributed by atoms with van der Waals surface area (Å²) in [4.78, 5) is 5.55. The number of benzene rings is 2. The van der Waals surface area contributed by atoms with Crippen LogP contribution in [0.2, 0.25) is 0 Å². The molecular formula is C39H50S2. The smallest absolute Gasteiger partial charge is 0.0449 e. The fourth-order valence-electron chi connectivity index (χ4n) is 7.35. The largest absolute Gasteiger partial charge is 0.140 e. The molecule has 5 rings (SSSR count). The number of fused-ring (bicyclic) bond motifs is 3. The molecule has 1 aliphatic rings. The van der Waals surface area contributed by atoms with E-state index in [4.69, 9.17) is 0 Å². The molecule has 0 radical (unpaired) electrons. The van der Waals surface area contributed by atoms with Crippen LogP contribution in [-0.4, -0.2) is 0 Å². The molecule has 0 nitrogen and oxygen atoms in total. The number of hydrogen-bond donors (Lipinski definition) is 0. The molecule has 2 heterocycles. The molecule has 0 spiro atoms. The Kier molecular flexibility index (Phi) is 9.93. The third-order valence-corrected chi connectivity index (χ3v) is 12.1. The van der Waals surface area contributed by atoms with Crippen molar-refractivity contribution in [2.75, 3.05) is 0 Å². The van der Waals surface area contributed by atoms with Crippen molar-refractivity contribution in [1.82, 2.24) is 0 Å². The second kappa shape index (κ2) is 13.4. The first-order valence-electron chi connectivity index (χ1n) is 16.3. The first kappa shape index (κ1) is 30.3. The van der Waals surface area contributed by atoms with E-state index in [9.17, 15) is 0 Å². The Morgan fingerprint density at radius 1 is 0.610 bits per heavy atom. The maximum Gasteiger partial charge on any atom is 0.0449 e. The van der Waals surface area contributed by atoms with Gasteiger partial charge in [-0.2, -0.15) is 0 Å². The molecule has 4 aromatic rings. The van der Waals surface area contributed by atoms with Crippen molar-refractivity contribution in [3.8, 4) is 31.3 Å². The summed E-state index contributed by atoms with van der Waals surface area (Å²) in [5.74, 6) is 1.52. The quantitative estimate of drug-likeness (QED) is 0.139. The summed E-state index contributed by atoms with van der Waals surface area (Å²) in [7, 11) is 0. The lowest BCUT2D eigenvalue weighted by atomic mass is 9.65. The predicted molar refractivity (Wildman–Crippen MR) is 185 cm³/mol. The van der Waals surface area contributed by atoms with Crippen molar-refractivity contribution in [3.05, 3.63) is 82.2 Å². The fraction of sp³-hybridized carbons (Fsp3) is 0.487. The Labute approximate surface area is 258 Å². The van der Waals surface area contributed by atoms with Gasteiger partial charge in [0.1, 0.15) is 0 Å². The van der Waals surface area contributed by atoms with Gasteiger partial charge >= 0.3 is 0 Å². The molecule has 0 amide bonds. The molecule has 2 atom stereocenters. The Balaban J connectivity index is 1.65. The molecule has 0 saturated heterocycles. The summed E-state index contributed by atoms with van der Waals surface area (Å²) in [5.41, 5.74) is 9.11. The number of hydrogen-bond acceptors (Lipinski definition) is 2. The Bertz CT molecular complexity index is 1420. The van der Waals surface area contributed by atoms with E-state index >= 15 is 0 Å². The minimum atomic E-state index is 0.0977. The third kappa shape index (κ3) is 6.30. The van der Waals surface area contributed by atoms with Gasteiger partial charge < -0.3 is 0 Å². The highest BCUT2D eigenvalue weighted by Gasteiger charge is 2.45. The Morgan fingerprint density at radius 2 is 1.17 bits per heavy atom. The average Bonchev–Trinajstić information content (AvgIpc) is 3.70. The lowest BCUT2D eigenvalue weighted by molar-refractivity contribution is 0.266. The molecule has 2 unspecified atom stereocenters. The number of aryl methyl sites for hydroxylation is 2. The van der Waals surface area contributed by atoms with Gasteiger partial charge in [0.15, 0.2) is 0 Å². The van der Waals surface area contributed by atoms with Crippen LogP contribution in [0.25, 0.3) is 31.3 Å². The first-order valence-corrected chi connectivity index (χ1v) is 18.0. The van der Waals surface area contributed by atoms with Gasteiger partial charge in [-0.25, -0.2) is 0 Å². The molecule has 0 N–H and O–H groups in total. The van der Waals surface area contributed by atoms with Crippen LogP contribution >= 0.6 is 22.7 Å². The van der Waals surface area contributed by atoms with E-state index in [0.29, 0.717) is 0 Å². The fourth-order valence-corrected chi connectivity index (χ4v) is 9.31. The molecule has 0 fully saturated rings. The van der Waals surface area contributed by atoms with Gasteiger partial charge in [0.2, 0.25) is 0 Å². The minimum absolute atomic E-state index is 0.0977. The maximum atomic E-state index is 2.62. The number of thiophene rings is 2. The second-order valence-corrected chi connectivity index (χ2v) is 15.1. The summed E-state index contributed by atoms with van der Waals surface area (Å²) in [6.45, 7) is 14.1. The van der Waals surface area contributed by atoms with E-state index in [0.717, 1.165) is 11.8 Å². The van der Waals surface area contributed by atoms with Gasteiger partial charge in [-0.05, 0) is 96.7 Å². The molecule has 2 aromatic carbocycles. The predicted octanol–water partition coefficient (Wildman–Crippen LogP) is 13.2. The van der Waals surface area contributed by atoms with E-state index in [1.807, 2.05) is 22.7 Å². The topological polar surface area (TPSA) is 0 Å².